The van der Waals surface area contributed by atoms with E-state index in [1.165, 1.54) is 0 Å². The monoisotopic (exact) mass is 414 g/mol. The largest absolute Gasteiger partial charge is 0.293 e. The predicted molar refractivity (Wildman–Crippen MR) is 116 cm³/mol. The lowest BCUT2D eigenvalue weighted by Crippen LogP contribution is -2.96. The minimum atomic E-state index is -1.57. The van der Waals surface area contributed by atoms with E-state index in [-0.39, 0.29) is 0 Å². The highest BCUT2D eigenvalue weighted by molar-refractivity contribution is 7.97. The van der Waals surface area contributed by atoms with Crippen molar-refractivity contribution in [3.8, 4) is 0 Å². The molecule has 9 heteroatoms. The molecule has 0 aromatic carbocycles. The maximum Gasteiger partial charge on any atom is 0.175 e. The Labute approximate surface area is 144 Å². The van der Waals surface area contributed by atoms with E-state index in [9.17, 15) is 0 Å². The quantitative estimate of drug-likeness (QED) is 0.410. The molecule has 1 aliphatic rings. The van der Waals surface area contributed by atoms with Gasteiger partial charge in [0.05, 0.1) is 15.2 Å². The summed E-state index contributed by atoms with van der Waals surface area (Å²) in [5.41, 5.74) is 0. The molecule has 1 fully saturated rings. The maximum absolute atomic E-state index is 7.11. The van der Waals surface area contributed by atoms with Gasteiger partial charge in [0.2, 0.25) is 0 Å². The molecule has 0 aromatic rings. The highest BCUT2D eigenvalue weighted by Gasteiger charge is 2.75. The van der Waals surface area contributed by atoms with Gasteiger partial charge in [-0.2, -0.15) is 0 Å². The zero-order valence-corrected chi connectivity index (χ0v) is 22.9. The number of hydrogen-bond acceptors (Lipinski definition) is 2. The van der Waals surface area contributed by atoms with E-state index in [1.807, 2.05) is 0 Å². The molecule has 1 heterocycles. The SMILES string of the molecule is C[Si](C)(C)N1P(Cl)N([Si](C)(C)C)[Si]1([Si](C)(C)C)[Si](C)(C)C. The number of halogens is 1. The zero-order valence-electron chi connectivity index (χ0n) is 16.2. The Morgan fingerprint density at radius 1 is 0.619 bits per heavy atom. The highest BCUT2D eigenvalue weighted by Crippen LogP contribution is 2.71. The summed E-state index contributed by atoms with van der Waals surface area (Å²) < 4.78 is 6.04. The van der Waals surface area contributed by atoms with Crippen LogP contribution < -0.4 is 0 Å². The van der Waals surface area contributed by atoms with Crippen LogP contribution in [0.1, 0.15) is 0 Å². The van der Waals surface area contributed by atoms with Crippen LogP contribution in [-0.2, 0) is 0 Å². The maximum atomic E-state index is 7.11. The second kappa shape index (κ2) is 5.63. The smallest absolute Gasteiger partial charge is 0.175 e. The van der Waals surface area contributed by atoms with Crippen LogP contribution in [0.15, 0.2) is 0 Å². The van der Waals surface area contributed by atoms with Crippen LogP contribution in [0.25, 0.3) is 0 Å². The van der Waals surface area contributed by atoms with Crippen molar-refractivity contribution >= 4 is 57.9 Å². The minimum absolute atomic E-state index is 0.544. The second-order valence-corrected chi connectivity index (χ2v) is 50.5. The van der Waals surface area contributed by atoms with Crippen LogP contribution in [0.2, 0.25) is 78.6 Å². The zero-order chi connectivity index (χ0) is 17.2. The molecular weight excluding hydrogens is 379 g/mol. The van der Waals surface area contributed by atoms with Crippen LogP contribution in [0.5, 0.6) is 0 Å². The van der Waals surface area contributed by atoms with E-state index in [1.54, 1.807) is 0 Å². The van der Waals surface area contributed by atoms with Gasteiger partial charge in [-0.3, -0.25) is 8.00 Å². The highest BCUT2D eigenvalue weighted by atomic mass is 35.7. The Kier molecular flexibility index (Phi) is 5.56. The fourth-order valence-corrected chi connectivity index (χ4v) is 108. The van der Waals surface area contributed by atoms with Crippen molar-refractivity contribution in [3.63, 3.8) is 0 Å². The van der Waals surface area contributed by atoms with E-state index in [0.29, 0.717) is 0 Å². The molecule has 0 aromatic heterocycles. The molecule has 2 nitrogen and oxygen atoms in total. The van der Waals surface area contributed by atoms with Gasteiger partial charge in [0.15, 0.2) is 7.43 Å². The van der Waals surface area contributed by atoms with Crippen molar-refractivity contribution in [1.29, 1.82) is 0 Å². The van der Waals surface area contributed by atoms with Crippen LogP contribution in [-0.4, -0.2) is 47.1 Å². The average molecular weight is 415 g/mol. The summed E-state index contributed by atoms with van der Waals surface area (Å²) in [6, 6.07) is 0. The van der Waals surface area contributed by atoms with Gasteiger partial charge in [-0.25, -0.2) is 0 Å². The fourth-order valence-electron chi connectivity index (χ4n) is 4.24. The van der Waals surface area contributed by atoms with E-state index in [4.69, 9.17) is 11.2 Å². The van der Waals surface area contributed by atoms with Crippen molar-refractivity contribution in [2.45, 2.75) is 78.6 Å². The van der Waals surface area contributed by atoms with Gasteiger partial charge >= 0.3 is 0 Å². The van der Waals surface area contributed by atoms with E-state index < -0.39 is 46.7 Å². The van der Waals surface area contributed by atoms with Gasteiger partial charge in [-0.05, 0) is 0 Å². The van der Waals surface area contributed by atoms with E-state index >= 15 is 0 Å². The second-order valence-electron chi connectivity index (χ2n) is 10.4. The van der Waals surface area contributed by atoms with E-state index in [0.717, 1.165) is 0 Å². The van der Waals surface area contributed by atoms with Crippen LogP contribution in [0.4, 0.5) is 0 Å². The molecule has 0 saturated carbocycles. The average Bonchev–Trinajstić information content (AvgIpc) is 2.03. The van der Waals surface area contributed by atoms with Crippen molar-refractivity contribution in [3.05, 3.63) is 0 Å². The molecule has 0 N–H and O–H groups in total. The first kappa shape index (κ1) is 20.8. The molecule has 1 aliphatic heterocycles. The molecule has 0 aliphatic carbocycles. The molecule has 0 unspecified atom stereocenters. The third-order valence-electron chi connectivity index (χ3n) is 4.31. The number of rotatable bonds is 4. The molecule has 0 radical (unpaired) electrons. The van der Waals surface area contributed by atoms with Crippen molar-refractivity contribution in [2.24, 2.45) is 0 Å². The topological polar surface area (TPSA) is 6.48 Å². The van der Waals surface area contributed by atoms with Crippen molar-refractivity contribution < 1.29 is 0 Å². The Hall–Kier alpha value is 1.72. The number of nitrogens with zero attached hydrogens (tertiary/aromatic N) is 2. The van der Waals surface area contributed by atoms with Crippen LogP contribution in [0, 0.1) is 0 Å². The molecule has 0 spiro atoms. The lowest BCUT2D eigenvalue weighted by Gasteiger charge is -2.77. The van der Waals surface area contributed by atoms with Gasteiger partial charge in [0.25, 0.3) is 0 Å². The molecule has 0 amide bonds. The molecule has 0 bridgehead atoms. The normalized spacial score (nSPS) is 23.3. The van der Waals surface area contributed by atoms with Gasteiger partial charge < -0.3 is 0 Å². The molecule has 0 atom stereocenters. The third-order valence-corrected chi connectivity index (χ3v) is 62.6. The Balaban J connectivity index is 3.66. The van der Waals surface area contributed by atoms with Crippen LogP contribution >= 0.6 is 18.8 Å². The summed E-state index contributed by atoms with van der Waals surface area (Å²) in [5, 5.41) is 0. The minimum Gasteiger partial charge on any atom is -0.293 e. The van der Waals surface area contributed by atoms with Gasteiger partial charge in [0, 0.05) is 0 Å². The summed E-state index contributed by atoms with van der Waals surface area (Å²) in [4.78, 5) is 0. The predicted octanol–water partition coefficient (Wildman–Crippen LogP) is 6.01. The molecular formula is C12H36ClN2PSi5. The first-order valence-corrected chi connectivity index (χ1v) is 27.9. The summed E-state index contributed by atoms with van der Waals surface area (Å²) in [5.74, 6) is 0. The molecule has 1 saturated heterocycles. The molecule has 21 heavy (non-hydrogen) atoms. The summed E-state index contributed by atoms with van der Waals surface area (Å²) in [6.07, 6.45) is 0. The van der Waals surface area contributed by atoms with Gasteiger partial charge in [-0.15, -0.1) is 0 Å². The Bertz CT molecular complexity index is 370. The first-order chi connectivity index (χ1) is 8.90. The third kappa shape index (κ3) is 3.16. The standard InChI is InChI=1S/C12H36ClN2PSi5/c1-17(2,3)14-16(13)15(18(4,5)6)21(14,19(7,8)9)20(10,11)12/h1-12H3. The fraction of sp³-hybridized carbons (Fsp3) is 1.00. The lowest BCUT2D eigenvalue weighted by atomic mass is 11.8. The summed E-state index contributed by atoms with van der Waals surface area (Å²) >= 11 is 7.11. The Morgan fingerprint density at radius 2 is 0.857 bits per heavy atom. The summed E-state index contributed by atoms with van der Waals surface area (Å²) in [7, 11) is -7.45. The van der Waals surface area contributed by atoms with Crippen molar-refractivity contribution in [1.82, 2.24) is 8.00 Å². The van der Waals surface area contributed by atoms with Gasteiger partial charge in [0.1, 0.15) is 24.0 Å². The molecule has 1 rings (SSSR count). The van der Waals surface area contributed by atoms with Gasteiger partial charge in [-0.1, -0.05) is 89.8 Å². The molecule has 126 valence electrons. The van der Waals surface area contributed by atoms with Crippen LogP contribution in [0.3, 0.4) is 0 Å². The Morgan fingerprint density at radius 3 is 1.00 bits per heavy atom. The number of hydrogen-bond donors (Lipinski definition) is 0. The van der Waals surface area contributed by atoms with E-state index in [2.05, 4.69) is 86.6 Å². The first-order valence-electron chi connectivity index (χ1n) is 7.96. The van der Waals surface area contributed by atoms with Crippen molar-refractivity contribution in [2.75, 3.05) is 0 Å². The summed E-state index contributed by atoms with van der Waals surface area (Å²) in [6.45, 7) is 30.9. The lowest BCUT2D eigenvalue weighted by molar-refractivity contribution is 0.762.